The van der Waals surface area contributed by atoms with Gasteiger partial charge in [-0.15, -0.1) is 0 Å². The van der Waals surface area contributed by atoms with E-state index in [1.807, 2.05) is 12.1 Å². The molecule has 0 saturated carbocycles. The van der Waals surface area contributed by atoms with Gasteiger partial charge in [-0.1, -0.05) is 6.42 Å². The number of rotatable bonds is 5. The van der Waals surface area contributed by atoms with Gasteiger partial charge in [0.25, 0.3) is 0 Å². The highest BCUT2D eigenvalue weighted by Gasteiger charge is 2.14. The van der Waals surface area contributed by atoms with Gasteiger partial charge >= 0.3 is 0 Å². The summed E-state index contributed by atoms with van der Waals surface area (Å²) in [6.45, 7) is 1.11. The molecule has 1 saturated heterocycles. The molecule has 0 radical (unpaired) electrons. The molecule has 0 spiro atoms. The first kappa shape index (κ1) is 12.2. The van der Waals surface area contributed by atoms with Crippen LogP contribution in [0.5, 0.6) is 0 Å². The number of nitrogens with zero attached hydrogens (tertiary/aromatic N) is 1. The lowest BCUT2D eigenvalue weighted by molar-refractivity contribution is -0.118. The smallest absolute Gasteiger partial charge is 0.137 e. The van der Waals surface area contributed by atoms with E-state index in [1.54, 1.807) is 12.4 Å². The SMILES string of the molecule is O=C(CCC1CCCCN1)Cc1ccncc1. The van der Waals surface area contributed by atoms with E-state index < -0.39 is 0 Å². The van der Waals surface area contributed by atoms with Gasteiger partial charge in [0.1, 0.15) is 5.78 Å². The Morgan fingerprint density at radius 2 is 2.18 bits per heavy atom. The van der Waals surface area contributed by atoms with Gasteiger partial charge in [-0.05, 0) is 43.5 Å². The molecule has 3 heteroatoms. The first-order valence-electron chi connectivity index (χ1n) is 6.48. The minimum Gasteiger partial charge on any atom is -0.314 e. The van der Waals surface area contributed by atoms with Crippen molar-refractivity contribution in [1.29, 1.82) is 0 Å². The van der Waals surface area contributed by atoms with Crippen LogP contribution < -0.4 is 5.32 Å². The fourth-order valence-electron chi connectivity index (χ4n) is 2.32. The molecule has 1 atom stereocenters. The molecule has 1 aliphatic rings. The van der Waals surface area contributed by atoms with E-state index in [2.05, 4.69) is 10.3 Å². The van der Waals surface area contributed by atoms with Crippen molar-refractivity contribution in [2.75, 3.05) is 6.54 Å². The highest BCUT2D eigenvalue weighted by Crippen LogP contribution is 2.12. The molecule has 1 unspecified atom stereocenters. The highest BCUT2D eigenvalue weighted by atomic mass is 16.1. The number of hydrogen-bond acceptors (Lipinski definition) is 3. The van der Waals surface area contributed by atoms with E-state index in [0.29, 0.717) is 24.7 Å². The molecule has 17 heavy (non-hydrogen) atoms. The van der Waals surface area contributed by atoms with Crippen molar-refractivity contribution in [3.8, 4) is 0 Å². The van der Waals surface area contributed by atoms with Crippen molar-refractivity contribution < 1.29 is 4.79 Å². The maximum Gasteiger partial charge on any atom is 0.137 e. The summed E-state index contributed by atoms with van der Waals surface area (Å²) >= 11 is 0. The predicted molar refractivity (Wildman–Crippen MR) is 67.8 cm³/mol. The molecule has 1 aromatic heterocycles. The lowest BCUT2D eigenvalue weighted by Crippen LogP contribution is -2.34. The zero-order valence-corrected chi connectivity index (χ0v) is 10.2. The number of ketones is 1. The van der Waals surface area contributed by atoms with Gasteiger partial charge in [-0.2, -0.15) is 0 Å². The van der Waals surface area contributed by atoms with Crippen LogP contribution in [0.2, 0.25) is 0 Å². The summed E-state index contributed by atoms with van der Waals surface area (Å²) in [5.41, 5.74) is 1.07. The van der Waals surface area contributed by atoms with Gasteiger partial charge in [0, 0.05) is 31.3 Å². The third-order valence-corrected chi connectivity index (χ3v) is 3.33. The van der Waals surface area contributed by atoms with Crippen LogP contribution in [0.15, 0.2) is 24.5 Å². The van der Waals surface area contributed by atoms with Gasteiger partial charge in [-0.25, -0.2) is 0 Å². The van der Waals surface area contributed by atoms with Crippen LogP contribution in [-0.4, -0.2) is 23.4 Å². The Kier molecular flexibility index (Phi) is 4.68. The number of pyridine rings is 1. The third kappa shape index (κ3) is 4.27. The molecule has 0 amide bonds. The van der Waals surface area contributed by atoms with Crippen LogP contribution in [0.1, 0.15) is 37.7 Å². The molecule has 2 rings (SSSR count). The lowest BCUT2D eigenvalue weighted by Gasteiger charge is -2.22. The van der Waals surface area contributed by atoms with Crippen LogP contribution in [-0.2, 0) is 11.2 Å². The van der Waals surface area contributed by atoms with Crippen molar-refractivity contribution in [3.05, 3.63) is 30.1 Å². The largest absolute Gasteiger partial charge is 0.314 e. The molecule has 1 fully saturated rings. The van der Waals surface area contributed by atoms with Crippen molar-refractivity contribution in [1.82, 2.24) is 10.3 Å². The average Bonchev–Trinajstić information content (AvgIpc) is 2.39. The van der Waals surface area contributed by atoms with Crippen LogP contribution in [0, 0.1) is 0 Å². The van der Waals surface area contributed by atoms with Gasteiger partial charge < -0.3 is 5.32 Å². The fourth-order valence-corrected chi connectivity index (χ4v) is 2.32. The van der Waals surface area contributed by atoms with Gasteiger partial charge in [0.2, 0.25) is 0 Å². The second-order valence-electron chi connectivity index (χ2n) is 4.76. The topological polar surface area (TPSA) is 42.0 Å². The lowest BCUT2D eigenvalue weighted by atomic mass is 9.98. The summed E-state index contributed by atoms with van der Waals surface area (Å²) in [5.74, 6) is 0.337. The second kappa shape index (κ2) is 6.50. The fraction of sp³-hybridized carbons (Fsp3) is 0.571. The molecule has 0 aliphatic carbocycles. The number of hydrogen-bond donors (Lipinski definition) is 1. The minimum atomic E-state index is 0.337. The van der Waals surface area contributed by atoms with E-state index in [0.717, 1.165) is 18.5 Å². The maximum atomic E-state index is 11.8. The summed E-state index contributed by atoms with van der Waals surface area (Å²) in [4.78, 5) is 15.8. The second-order valence-corrected chi connectivity index (χ2v) is 4.76. The van der Waals surface area contributed by atoms with Gasteiger partial charge in [0.15, 0.2) is 0 Å². The van der Waals surface area contributed by atoms with E-state index >= 15 is 0 Å². The molecule has 1 N–H and O–H groups in total. The monoisotopic (exact) mass is 232 g/mol. The molecule has 1 aliphatic heterocycles. The zero-order valence-electron chi connectivity index (χ0n) is 10.2. The van der Waals surface area contributed by atoms with Gasteiger partial charge in [-0.3, -0.25) is 9.78 Å². The number of aromatic nitrogens is 1. The van der Waals surface area contributed by atoms with Gasteiger partial charge in [0.05, 0.1) is 0 Å². The molecule has 1 aromatic rings. The Morgan fingerprint density at radius 3 is 2.88 bits per heavy atom. The summed E-state index contributed by atoms with van der Waals surface area (Å²) in [6, 6.07) is 4.39. The average molecular weight is 232 g/mol. The number of carbonyl (C=O) groups is 1. The number of Topliss-reactive ketones (excluding diaryl/α,β-unsaturated/α-hetero) is 1. The number of piperidine rings is 1. The van der Waals surface area contributed by atoms with E-state index in [9.17, 15) is 4.79 Å². The molecule has 92 valence electrons. The number of carbonyl (C=O) groups excluding carboxylic acids is 1. The maximum absolute atomic E-state index is 11.8. The zero-order chi connectivity index (χ0) is 11.9. The van der Waals surface area contributed by atoms with Crippen molar-refractivity contribution in [3.63, 3.8) is 0 Å². The van der Waals surface area contributed by atoms with E-state index in [-0.39, 0.29) is 0 Å². The van der Waals surface area contributed by atoms with Crippen LogP contribution in [0.25, 0.3) is 0 Å². The van der Waals surface area contributed by atoms with Crippen LogP contribution >= 0.6 is 0 Å². The normalized spacial score (nSPS) is 20.1. The Bertz CT molecular complexity index is 344. The highest BCUT2D eigenvalue weighted by molar-refractivity contribution is 5.80. The number of nitrogens with one attached hydrogen (secondary N) is 1. The molecule has 3 nitrogen and oxygen atoms in total. The first-order chi connectivity index (χ1) is 8.34. The van der Waals surface area contributed by atoms with E-state index in [4.69, 9.17) is 0 Å². The van der Waals surface area contributed by atoms with Crippen molar-refractivity contribution >= 4 is 5.78 Å². The summed E-state index contributed by atoms with van der Waals surface area (Å²) in [6.07, 6.45) is 9.52. The Morgan fingerprint density at radius 1 is 1.35 bits per heavy atom. The molecule has 0 bridgehead atoms. The van der Waals surface area contributed by atoms with Crippen LogP contribution in [0.3, 0.4) is 0 Å². The Hall–Kier alpha value is -1.22. The standard InChI is InChI=1S/C14H20N2O/c17-14(11-12-6-9-15-10-7-12)5-4-13-3-1-2-8-16-13/h6-7,9-10,13,16H,1-5,8,11H2. The summed E-state index contributed by atoms with van der Waals surface area (Å²) in [5, 5.41) is 3.48. The molecular formula is C14H20N2O. The summed E-state index contributed by atoms with van der Waals surface area (Å²) < 4.78 is 0. The van der Waals surface area contributed by atoms with Crippen LogP contribution in [0.4, 0.5) is 0 Å². The van der Waals surface area contributed by atoms with Crippen molar-refractivity contribution in [2.45, 2.75) is 44.6 Å². The molecule has 2 heterocycles. The van der Waals surface area contributed by atoms with E-state index in [1.165, 1.54) is 19.3 Å². The molecule has 0 aromatic carbocycles. The minimum absolute atomic E-state index is 0.337. The quantitative estimate of drug-likeness (QED) is 0.845. The predicted octanol–water partition coefficient (Wildman–Crippen LogP) is 2.12. The Balaban J connectivity index is 1.70. The molecular weight excluding hydrogens is 212 g/mol. The Labute approximate surface area is 103 Å². The third-order valence-electron chi connectivity index (χ3n) is 3.33. The first-order valence-corrected chi connectivity index (χ1v) is 6.48. The van der Waals surface area contributed by atoms with Crippen molar-refractivity contribution in [2.24, 2.45) is 0 Å². The summed E-state index contributed by atoms with van der Waals surface area (Å²) in [7, 11) is 0.